The molecule has 1 amide bonds. The van der Waals surface area contributed by atoms with Crippen LogP contribution in [0.2, 0.25) is 5.02 Å². The number of nitrogens with zero attached hydrogens (tertiary/aromatic N) is 4. The lowest BCUT2D eigenvalue weighted by atomic mass is 10.1. The van der Waals surface area contributed by atoms with Crippen molar-refractivity contribution in [1.29, 1.82) is 0 Å². The molecule has 0 unspecified atom stereocenters. The topological polar surface area (TPSA) is 90.9 Å². The van der Waals surface area contributed by atoms with E-state index in [2.05, 4.69) is 10.4 Å². The van der Waals surface area contributed by atoms with Crippen molar-refractivity contribution in [3.63, 3.8) is 0 Å². The average molecular weight is 484 g/mol. The molecule has 2 aromatic heterocycles. The van der Waals surface area contributed by atoms with Crippen LogP contribution in [0, 0.1) is 12.7 Å². The van der Waals surface area contributed by atoms with Gasteiger partial charge in [-0.3, -0.25) is 23.4 Å². The Bertz CT molecular complexity index is 1490. The Morgan fingerprint density at radius 3 is 2.50 bits per heavy atom. The van der Waals surface area contributed by atoms with Crippen LogP contribution in [0.4, 0.5) is 10.1 Å². The molecule has 0 atom stereocenters. The van der Waals surface area contributed by atoms with Gasteiger partial charge in [0.15, 0.2) is 5.52 Å². The van der Waals surface area contributed by atoms with E-state index in [4.69, 9.17) is 11.6 Å². The van der Waals surface area contributed by atoms with Crippen LogP contribution in [-0.2, 0) is 30.8 Å². The Balaban J connectivity index is 1.76. The lowest BCUT2D eigenvalue weighted by molar-refractivity contribution is -0.116. The van der Waals surface area contributed by atoms with Gasteiger partial charge >= 0.3 is 5.69 Å². The van der Waals surface area contributed by atoms with Gasteiger partial charge in [-0.15, -0.1) is 0 Å². The molecule has 4 aromatic rings. The van der Waals surface area contributed by atoms with E-state index in [-0.39, 0.29) is 22.8 Å². The highest BCUT2D eigenvalue weighted by Gasteiger charge is 2.22. The van der Waals surface area contributed by atoms with Crippen LogP contribution in [0.3, 0.4) is 0 Å². The van der Waals surface area contributed by atoms with Crippen LogP contribution in [-0.4, -0.2) is 24.8 Å². The van der Waals surface area contributed by atoms with Crippen LogP contribution in [0.25, 0.3) is 11.0 Å². The zero-order chi connectivity index (χ0) is 24.4. The molecule has 8 nitrogen and oxygen atoms in total. The monoisotopic (exact) mass is 483 g/mol. The molecule has 0 saturated carbocycles. The summed E-state index contributed by atoms with van der Waals surface area (Å²) < 4.78 is 18.0. The number of carbonyl (C=O) groups is 1. The maximum atomic E-state index is 14.1. The summed E-state index contributed by atoms with van der Waals surface area (Å²) in [6.45, 7) is 3.65. The molecule has 34 heavy (non-hydrogen) atoms. The van der Waals surface area contributed by atoms with Crippen LogP contribution >= 0.6 is 11.6 Å². The third-order valence-electron chi connectivity index (χ3n) is 5.55. The number of carbonyl (C=O) groups excluding carboxylic acids is 1. The van der Waals surface area contributed by atoms with Crippen molar-refractivity contribution >= 4 is 34.2 Å². The first-order valence-corrected chi connectivity index (χ1v) is 11.2. The highest BCUT2D eigenvalue weighted by atomic mass is 35.5. The Morgan fingerprint density at radius 1 is 1.09 bits per heavy atom. The summed E-state index contributed by atoms with van der Waals surface area (Å²) in [6.07, 6.45) is 0.461. The quantitative estimate of drug-likeness (QED) is 0.436. The molecule has 0 saturated heterocycles. The summed E-state index contributed by atoms with van der Waals surface area (Å²) in [5, 5.41) is 7.04. The third kappa shape index (κ3) is 4.51. The van der Waals surface area contributed by atoms with Crippen molar-refractivity contribution in [2.75, 3.05) is 5.32 Å². The lowest BCUT2D eigenvalue weighted by Crippen LogP contribution is -2.42. The Kier molecular flexibility index (Phi) is 6.65. The zero-order valence-corrected chi connectivity index (χ0v) is 19.5. The van der Waals surface area contributed by atoms with Crippen molar-refractivity contribution in [3.8, 4) is 0 Å². The highest BCUT2D eigenvalue weighted by Crippen LogP contribution is 2.19. The molecule has 4 rings (SSSR count). The first-order chi connectivity index (χ1) is 16.3. The van der Waals surface area contributed by atoms with E-state index in [1.807, 2.05) is 37.3 Å². The van der Waals surface area contributed by atoms with Crippen molar-refractivity contribution in [3.05, 3.63) is 91.5 Å². The molecule has 1 N–H and O–H groups in total. The van der Waals surface area contributed by atoms with E-state index in [9.17, 15) is 18.8 Å². The second-order valence-electron chi connectivity index (χ2n) is 7.83. The Morgan fingerprint density at radius 2 is 1.82 bits per heavy atom. The van der Waals surface area contributed by atoms with Gasteiger partial charge in [0.1, 0.15) is 17.9 Å². The molecule has 176 valence electrons. The van der Waals surface area contributed by atoms with Crippen LogP contribution in [0.1, 0.15) is 18.2 Å². The van der Waals surface area contributed by atoms with Crippen LogP contribution in [0.15, 0.2) is 58.1 Å². The second kappa shape index (κ2) is 9.64. The van der Waals surface area contributed by atoms with Crippen molar-refractivity contribution in [2.45, 2.75) is 39.9 Å². The molecule has 0 fully saturated rings. The molecule has 0 aliphatic carbocycles. The number of hydrogen-bond donors (Lipinski definition) is 1. The van der Waals surface area contributed by atoms with E-state index >= 15 is 0 Å². The van der Waals surface area contributed by atoms with E-state index < -0.39 is 29.5 Å². The maximum absolute atomic E-state index is 14.1. The predicted molar refractivity (Wildman–Crippen MR) is 129 cm³/mol. The molecule has 2 heterocycles. The fourth-order valence-corrected chi connectivity index (χ4v) is 4.10. The average Bonchev–Trinajstić information content (AvgIpc) is 3.15. The number of amides is 1. The molecule has 0 bridgehead atoms. The standard InChI is InChI=1S/C24H23ClFN5O3/c1-3-31-22-21(15(2)28-31)30(14-20(32)27-19-10-9-17(25)13-18(19)26)24(34)29(23(22)33)12-11-16-7-5-4-6-8-16/h4-10,13H,3,11-12,14H2,1-2H3,(H,27,32). The number of nitrogens with one attached hydrogen (secondary N) is 1. The summed E-state index contributed by atoms with van der Waals surface area (Å²) in [5.74, 6) is -1.32. The molecule has 0 radical (unpaired) electrons. The Labute approximate surface area is 199 Å². The first-order valence-electron chi connectivity index (χ1n) is 10.8. The summed E-state index contributed by atoms with van der Waals surface area (Å²) in [5.41, 5.74) is 0.816. The maximum Gasteiger partial charge on any atom is 0.332 e. The first kappa shape index (κ1) is 23.4. The fraction of sp³-hybridized carbons (Fsp3) is 0.250. The molecule has 0 aliphatic rings. The molecule has 10 heteroatoms. The summed E-state index contributed by atoms with van der Waals surface area (Å²) in [4.78, 5) is 39.5. The van der Waals surface area contributed by atoms with Gasteiger partial charge in [-0.05, 0) is 44.0 Å². The molecule has 0 spiro atoms. The van der Waals surface area contributed by atoms with Gasteiger partial charge in [0, 0.05) is 18.1 Å². The minimum atomic E-state index is -0.693. The van der Waals surface area contributed by atoms with Crippen molar-refractivity contribution in [2.24, 2.45) is 0 Å². The van der Waals surface area contributed by atoms with Crippen molar-refractivity contribution < 1.29 is 9.18 Å². The van der Waals surface area contributed by atoms with Crippen LogP contribution < -0.4 is 16.6 Å². The van der Waals surface area contributed by atoms with E-state index in [0.717, 1.165) is 16.2 Å². The minimum Gasteiger partial charge on any atom is -0.322 e. The molecular weight excluding hydrogens is 461 g/mol. The molecule has 0 aliphatic heterocycles. The number of hydrogen-bond acceptors (Lipinski definition) is 4. The van der Waals surface area contributed by atoms with Gasteiger partial charge in [-0.1, -0.05) is 41.9 Å². The summed E-state index contributed by atoms with van der Waals surface area (Å²) >= 11 is 5.77. The molecule has 2 aromatic carbocycles. The van der Waals surface area contributed by atoms with E-state index in [1.165, 1.54) is 21.4 Å². The number of benzene rings is 2. The summed E-state index contributed by atoms with van der Waals surface area (Å²) in [7, 11) is 0. The van der Waals surface area contributed by atoms with E-state index in [1.54, 1.807) is 6.92 Å². The van der Waals surface area contributed by atoms with Gasteiger partial charge in [0.05, 0.1) is 11.4 Å². The number of rotatable bonds is 7. The third-order valence-corrected chi connectivity index (χ3v) is 5.78. The second-order valence-corrected chi connectivity index (χ2v) is 8.27. The largest absolute Gasteiger partial charge is 0.332 e. The Hall–Kier alpha value is -3.72. The number of anilines is 1. The van der Waals surface area contributed by atoms with Gasteiger partial charge in [0.2, 0.25) is 5.91 Å². The lowest BCUT2D eigenvalue weighted by Gasteiger charge is -2.13. The SMILES string of the molecule is CCn1nc(C)c2c1c(=O)n(CCc1ccccc1)c(=O)n2CC(=O)Nc1ccc(Cl)cc1F. The van der Waals surface area contributed by atoms with Crippen molar-refractivity contribution in [1.82, 2.24) is 18.9 Å². The van der Waals surface area contributed by atoms with Gasteiger partial charge in [0.25, 0.3) is 5.56 Å². The number of halogens is 2. The zero-order valence-electron chi connectivity index (χ0n) is 18.7. The van der Waals surface area contributed by atoms with Gasteiger partial charge in [-0.25, -0.2) is 9.18 Å². The van der Waals surface area contributed by atoms with E-state index in [0.29, 0.717) is 24.2 Å². The summed E-state index contributed by atoms with van der Waals surface area (Å²) in [6, 6.07) is 13.4. The minimum absolute atomic E-state index is 0.0583. The number of fused-ring (bicyclic) bond motifs is 1. The number of aromatic nitrogens is 4. The highest BCUT2D eigenvalue weighted by molar-refractivity contribution is 6.30. The smallest absolute Gasteiger partial charge is 0.322 e. The number of aryl methyl sites for hydroxylation is 3. The molecular formula is C24H23ClFN5O3. The van der Waals surface area contributed by atoms with Gasteiger partial charge < -0.3 is 5.32 Å². The fourth-order valence-electron chi connectivity index (χ4n) is 3.95. The van der Waals surface area contributed by atoms with Gasteiger partial charge in [-0.2, -0.15) is 5.10 Å². The normalized spacial score (nSPS) is 11.2. The van der Waals surface area contributed by atoms with Crippen LogP contribution in [0.5, 0.6) is 0 Å². The predicted octanol–water partition coefficient (Wildman–Crippen LogP) is 3.36.